The third-order valence-corrected chi connectivity index (χ3v) is 5.92. The summed E-state index contributed by atoms with van der Waals surface area (Å²) in [7, 11) is -3.40. The zero-order chi connectivity index (χ0) is 33.6. The van der Waals surface area contributed by atoms with Gasteiger partial charge in [0.1, 0.15) is 36.2 Å². The first-order valence-corrected chi connectivity index (χ1v) is 16.9. The van der Waals surface area contributed by atoms with Crippen LogP contribution in [0.25, 0.3) is 0 Å². The summed E-state index contributed by atoms with van der Waals surface area (Å²) in [5.41, 5.74) is 0. The fraction of sp³-hybridized carbons (Fsp3) is 0.515. The molecule has 0 aliphatic heterocycles. The minimum Gasteiger partial charge on any atom is -0.493 e. The average molecular weight is 671 g/mol. The number of hydrogen-bond acceptors (Lipinski definition) is 12. The van der Waals surface area contributed by atoms with Crippen molar-refractivity contribution in [3.8, 4) is 23.0 Å². The molecule has 0 saturated heterocycles. The Morgan fingerprint density at radius 3 is 1.15 bits per heavy atom. The van der Waals surface area contributed by atoms with E-state index in [-0.39, 0.29) is 19.8 Å². The van der Waals surface area contributed by atoms with Crippen LogP contribution in [0, 0.1) is 0 Å². The summed E-state index contributed by atoms with van der Waals surface area (Å²) in [6.07, 6.45) is 6.28. The molecule has 0 bridgehead atoms. The number of aliphatic hydroxyl groups excluding tert-OH is 1. The van der Waals surface area contributed by atoms with Gasteiger partial charge in [-0.3, -0.25) is 4.18 Å². The summed E-state index contributed by atoms with van der Waals surface area (Å²) < 4.78 is 69.0. The Bertz CT molecular complexity index is 1110. The van der Waals surface area contributed by atoms with Crippen LogP contribution >= 0.6 is 0 Å². The SMILES string of the molecule is C=CCCOc1ccc(OCCOCCOCCO)cc1.C=CCCOc1ccc(OCCOCCOCCOS(C)(=O)=O)cc1. The summed E-state index contributed by atoms with van der Waals surface area (Å²) in [5, 5.41) is 8.51. The predicted octanol–water partition coefficient (Wildman–Crippen LogP) is 4.08. The number of hydrogen-bond donors (Lipinski definition) is 1. The topological polar surface area (TPSA) is 137 Å². The van der Waals surface area contributed by atoms with Gasteiger partial charge in [-0.25, -0.2) is 0 Å². The lowest BCUT2D eigenvalue weighted by Crippen LogP contribution is -2.14. The predicted molar refractivity (Wildman–Crippen MR) is 176 cm³/mol. The van der Waals surface area contributed by atoms with Gasteiger partial charge in [-0.1, -0.05) is 12.2 Å². The highest BCUT2D eigenvalue weighted by atomic mass is 32.2. The molecule has 260 valence electrons. The Morgan fingerprint density at radius 1 is 0.522 bits per heavy atom. The fourth-order valence-electron chi connectivity index (χ4n) is 3.17. The van der Waals surface area contributed by atoms with Gasteiger partial charge in [0.15, 0.2) is 0 Å². The molecule has 2 aromatic rings. The van der Waals surface area contributed by atoms with Crippen LogP contribution in [-0.2, 0) is 33.2 Å². The van der Waals surface area contributed by atoms with Crippen LogP contribution in [0.4, 0.5) is 0 Å². The first kappa shape index (κ1) is 40.9. The molecule has 0 radical (unpaired) electrons. The van der Waals surface area contributed by atoms with E-state index >= 15 is 0 Å². The maximum Gasteiger partial charge on any atom is 0.264 e. The molecule has 0 atom stereocenters. The summed E-state index contributed by atoms with van der Waals surface area (Å²) in [6.45, 7) is 12.7. The maximum absolute atomic E-state index is 10.7. The minimum absolute atomic E-state index is 0.00917. The highest BCUT2D eigenvalue weighted by Crippen LogP contribution is 2.18. The average Bonchev–Trinajstić information content (AvgIpc) is 3.04. The van der Waals surface area contributed by atoms with Gasteiger partial charge in [0.2, 0.25) is 0 Å². The lowest BCUT2D eigenvalue weighted by Gasteiger charge is -2.09. The molecule has 46 heavy (non-hydrogen) atoms. The standard InChI is InChI=1S/C17H26O7S.C16H24O5/c1-3-4-9-22-16-5-7-17(8-6-16)23-14-12-20-10-11-21-13-15-24-25(2,18)19;1-2-3-9-20-15-4-6-16(7-5-15)21-14-13-19-12-11-18-10-8-17/h3,5-8H,1,4,9-15H2,2H3;2,4-7,17H,1,3,8-14H2. The Kier molecular flexibility index (Phi) is 24.9. The van der Waals surface area contributed by atoms with Gasteiger partial charge in [0.05, 0.1) is 85.5 Å². The molecule has 13 heteroatoms. The van der Waals surface area contributed by atoms with E-state index in [2.05, 4.69) is 17.3 Å². The molecule has 0 aliphatic rings. The highest BCUT2D eigenvalue weighted by molar-refractivity contribution is 7.85. The third kappa shape index (κ3) is 25.1. The molecule has 0 amide bonds. The number of rotatable bonds is 28. The third-order valence-electron chi connectivity index (χ3n) is 5.33. The quantitative estimate of drug-likeness (QED) is 0.0794. The molecule has 0 saturated carbocycles. The summed E-state index contributed by atoms with van der Waals surface area (Å²) in [4.78, 5) is 0. The van der Waals surface area contributed by atoms with E-state index in [1.165, 1.54) is 0 Å². The van der Waals surface area contributed by atoms with E-state index in [4.69, 9.17) is 43.0 Å². The summed E-state index contributed by atoms with van der Waals surface area (Å²) in [6, 6.07) is 14.9. The molecule has 12 nitrogen and oxygen atoms in total. The van der Waals surface area contributed by atoms with Gasteiger partial charge < -0.3 is 43.0 Å². The van der Waals surface area contributed by atoms with Gasteiger partial charge >= 0.3 is 0 Å². The molecule has 0 aliphatic carbocycles. The van der Waals surface area contributed by atoms with Crippen molar-refractivity contribution in [1.29, 1.82) is 0 Å². The Balaban J connectivity index is 0.000000467. The van der Waals surface area contributed by atoms with Crippen LogP contribution in [0.2, 0.25) is 0 Å². The molecular formula is C33H50O12S. The van der Waals surface area contributed by atoms with Gasteiger partial charge in [0, 0.05) is 0 Å². The first-order chi connectivity index (χ1) is 22.4. The highest BCUT2D eigenvalue weighted by Gasteiger charge is 2.01. The van der Waals surface area contributed by atoms with Gasteiger partial charge in [-0.15, -0.1) is 13.2 Å². The number of aliphatic hydroxyl groups is 1. The minimum atomic E-state index is -3.40. The molecular weight excluding hydrogens is 620 g/mol. The molecule has 2 rings (SSSR count). The van der Waals surface area contributed by atoms with E-state index in [1.54, 1.807) is 0 Å². The van der Waals surface area contributed by atoms with Crippen molar-refractivity contribution in [2.45, 2.75) is 12.8 Å². The van der Waals surface area contributed by atoms with Crippen LogP contribution in [0.3, 0.4) is 0 Å². The lowest BCUT2D eigenvalue weighted by molar-refractivity contribution is 0.0247. The van der Waals surface area contributed by atoms with Crippen molar-refractivity contribution in [3.63, 3.8) is 0 Å². The second-order valence-electron chi connectivity index (χ2n) is 9.19. The smallest absolute Gasteiger partial charge is 0.264 e. The van der Waals surface area contributed by atoms with Crippen LogP contribution in [0.5, 0.6) is 23.0 Å². The van der Waals surface area contributed by atoms with E-state index in [1.807, 2.05) is 60.7 Å². The zero-order valence-electron chi connectivity index (χ0n) is 26.8. The van der Waals surface area contributed by atoms with Crippen LogP contribution in [0.1, 0.15) is 12.8 Å². The van der Waals surface area contributed by atoms with E-state index in [0.29, 0.717) is 72.7 Å². The fourth-order valence-corrected chi connectivity index (χ4v) is 3.54. The maximum atomic E-state index is 10.7. The van der Waals surface area contributed by atoms with Crippen LogP contribution < -0.4 is 18.9 Å². The molecule has 0 spiro atoms. The number of benzene rings is 2. The summed E-state index contributed by atoms with van der Waals surface area (Å²) >= 11 is 0. The number of ether oxygens (including phenoxy) is 8. The van der Waals surface area contributed by atoms with Crippen LogP contribution in [0.15, 0.2) is 73.8 Å². The van der Waals surface area contributed by atoms with E-state index < -0.39 is 10.1 Å². The first-order valence-electron chi connectivity index (χ1n) is 15.1. The second-order valence-corrected chi connectivity index (χ2v) is 10.8. The molecule has 2 aromatic carbocycles. The van der Waals surface area contributed by atoms with E-state index in [0.717, 1.165) is 42.1 Å². The van der Waals surface area contributed by atoms with Crippen molar-refractivity contribution >= 4 is 10.1 Å². The van der Waals surface area contributed by atoms with Crippen molar-refractivity contribution in [2.24, 2.45) is 0 Å². The van der Waals surface area contributed by atoms with Gasteiger partial charge in [-0.05, 0) is 61.4 Å². The van der Waals surface area contributed by atoms with Crippen LogP contribution in [-0.4, -0.2) is 112 Å². The Labute approximate surface area is 273 Å². The monoisotopic (exact) mass is 670 g/mol. The van der Waals surface area contributed by atoms with Gasteiger partial charge in [-0.2, -0.15) is 8.42 Å². The summed E-state index contributed by atoms with van der Waals surface area (Å²) in [5.74, 6) is 3.14. The Morgan fingerprint density at radius 2 is 0.826 bits per heavy atom. The second kappa shape index (κ2) is 28.1. The molecule has 1 N–H and O–H groups in total. The zero-order valence-corrected chi connectivity index (χ0v) is 27.7. The molecule has 0 unspecified atom stereocenters. The normalized spacial score (nSPS) is 10.8. The lowest BCUT2D eigenvalue weighted by atomic mass is 10.3. The van der Waals surface area contributed by atoms with Crippen molar-refractivity contribution in [2.75, 3.05) is 98.8 Å². The van der Waals surface area contributed by atoms with Gasteiger partial charge in [0.25, 0.3) is 10.1 Å². The van der Waals surface area contributed by atoms with Crippen molar-refractivity contribution < 1.29 is 55.6 Å². The molecule has 0 fully saturated rings. The molecule has 0 heterocycles. The van der Waals surface area contributed by atoms with Crippen molar-refractivity contribution in [1.82, 2.24) is 0 Å². The largest absolute Gasteiger partial charge is 0.493 e. The molecule has 0 aromatic heterocycles. The van der Waals surface area contributed by atoms with E-state index in [9.17, 15) is 8.42 Å². The Hall–Kier alpha value is -3.17. The van der Waals surface area contributed by atoms with Crippen molar-refractivity contribution in [3.05, 3.63) is 73.8 Å².